The van der Waals surface area contributed by atoms with E-state index in [0.717, 1.165) is 5.03 Å². The third-order valence-corrected chi connectivity index (χ3v) is 4.26. The van der Waals surface area contributed by atoms with Gasteiger partial charge in [0.2, 0.25) is 5.91 Å². The van der Waals surface area contributed by atoms with Gasteiger partial charge in [0, 0.05) is 24.9 Å². The lowest BCUT2D eigenvalue weighted by molar-refractivity contribution is -0.142. The lowest BCUT2D eigenvalue weighted by Crippen LogP contribution is -2.28. The molecule has 1 amide bonds. The van der Waals surface area contributed by atoms with Crippen LogP contribution in [0.1, 0.15) is 6.42 Å². The number of aromatic nitrogens is 1. The number of ether oxygens (including phenoxy) is 1. The van der Waals surface area contributed by atoms with Gasteiger partial charge >= 0.3 is 5.97 Å². The Balaban J connectivity index is 1.96. The zero-order valence-electron chi connectivity index (χ0n) is 10.8. The minimum absolute atomic E-state index is 0.0713. The van der Waals surface area contributed by atoms with Gasteiger partial charge in [0.25, 0.3) is 0 Å². The van der Waals surface area contributed by atoms with Crippen LogP contribution in [0.4, 0.5) is 0 Å². The van der Waals surface area contributed by atoms with Crippen molar-refractivity contribution in [2.75, 3.05) is 25.5 Å². The number of hydrogen-bond acceptors (Lipinski definition) is 6. The highest BCUT2D eigenvalue weighted by molar-refractivity contribution is 8.76. The summed E-state index contributed by atoms with van der Waals surface area (Å²) < 4.78 is 4.80. The Morgan fingerprint density at radius 2 is 2.25 bits per heavy atom. The van der Waals surface area contributed by atoms with Gasteiger partial charge in [-0.15, -0.1) is 0 Å². The van der Waals surface area contributed by atoms with E-state index >= 15 is 0 Å². The van der Waals surface area contributed by atoms with Crippen LogP contribution in [-0.2, 0) is 14.3 Å². The molecule has 110 valence electrons. The molecule has 0 saturated carbocycles. The second kappa shape index (κ2) is 10.5. The molecule has 0 aliphatic carbocycles. The Kier molecular flexibility index (Phi) is 8.84. The molecule has 0 aliphatic rings. The van der Waals surface area contributed by atoms with E-state index in [-0.39, 0.29) is 19.1 Å². The molecule has 0 unspecified atom stereocenters. The minimum Gasteiger partial charge on any atom is -0.480 e. The van der Waals surface area contributed by atoms with Gasteiger partial charge in [-0.05, 0) is 22.9 Å². The third-order valence-electron chi connectivity index (χ3n) is 1.99. The predicted molar refractivity (Wildman–Crippen MR) is 78.6 cm³/mol. The monoisotopic (exact) mass is 316 g/mol. The molecule has 0 fully saturated rings. The maximum atomic E-state index is 11.4. The van der Waals surface area contributed by atoms with Gasteiger partial charge in [0.1, 0.15) is 11.6 Å². The van der Waals surface area contributed by atoms with Crippen molar-refractivity contribution >= 4 is 33.5 Å². The Morgan fingerprint density at radius 3 is 2.95 bits per heavy atom. The highest BCUT2D eigenvalue weighted by Crippen LogP contribution is 2.29. The molecule has 0 atom stereocenters. The number of amides is 1. The Labute approximate surface area is 125 Å². The average Bonchev–Trinajstić information content (AvgIpc) is 2.44. The van der Waals surface area contributed by atoms with Gasteiger partial charge in [0.05, 0.1) is 6.61 Å². The van der Waals surface area contributed by atoms with E-state index in [1.54, 1.807) is 17.0 Å². The molecule has 1 aromatic heterocycles. The number of carboxylic acids is 1. The van der Waals surface area contributed by atoms with Crippen LogP contribution in [0, 0.1) is 0 Å². The van der Waals surface area contributed by atoms with Gasteiger partial charge in [0.15, 0.2) is 0 Å². The van der Waals surface area contributed by atoms with Gasteiger partial charge < -0.3 is 15.2 Å². The summed E-state index contributed by atoms with van der Waals surface area (Å²) in [6.07, 6.45) is 2.14. The molecule has 0 aliphatic heterocycles. The van der Waals surface area contributed by atoms with Crippen LogP contribution in [0.15, 0.2) is 29.4 Å². The first-order valence-corrected chi connectivity index (χ1v) is 8.27. The van der Waals surface area contributed by atoms with E-state index < -0.39 is 5.97 Å². The number of nitrogens with one attached hydrogen (secondary N) is 1. The maximum Gasteiger partial charge on any atom is 0.329 e. The quantitative estimate of drug-likeness (QED) is 0.498. The minimum atomic E-state index is -1.01. The third kappa shape index (κ3) is 8.78. The summed E-state index contributed by atoms with van der Waals surface area (Å²) in [5.41, 5.74) is 0. The summed E-state index contributed by atoms with van der Waals surface area (Å²) in [5, 5.41) is 11.9. The molecule has 1 heterocycles. The van der Waals surface area contributed by atoms with Crippen molar-refractivity contribution in [3.05, 3.63) is 24.4 Å². The zero-order valence-corrected chi connectivity index (χ0v) is 12.4. The number of nitrogens with zero attached hydrogens (tertiary/aromatic N) is 1. The SMILES string of the molecule is O=C(O)COCCNC(=O)CCSSc1ccccn1. The number of aliphatic carboxylic acids is 1. The average molecular weight is 316 g/mol. The first kappa shape index (κ1) is 16.8. The molecule has 6 nitrogen and oxygen atoms in total. The molecule has 1 aromatic rings. The molecule has 0 saturated heterocycles. The molecule has 0 bridgehead atoms. The van der Waals surface area contributed by atoms with Crippen LogP contribution < -0.4 is 5.32 Å². The molecule has 8 heteroatoms. The first-order chi connectivity index (χ1) is 9.68. The largest absolute Gasteiger partial charge is 0.480 e. The summed E-state index contributed by atoms with van der Waals surface area (Å²) in [7, 11) is 3.10. The van der Waals surface area contributed by atoms with Crippen LogP contribution >= 0.6 is 21.6 Å². The smallest absolute Gasteiger partial charge is 0.329 e. The number of hydrogen-bond donors (Lipinski definition) is 2. The fourth-order valence-corrected chi connectivity index (χ4v) is 3.01. The van der Waals surface area contributed by atoms with Crippen molar-refractivity contribution in [1.82, 2.24) is 10.3 Å². The molecule has 20 heavy (non-hydrogen) atoms. The second-order valence-corrected chi connectivity index (χ2v) is 6.06. The van der Waals surface area contributed by atoms with Gasteiger partial charge in [-0.2, -0.15) is 0 Å². The topological polar surface area (TPSA) is 88.5 Å². The van der Waals surface area contributed by atoms with E-state index in [9.17, 15) is 9.59 Å². The first-order valence-electron chi connectivity index (χ1n) is 5.95. The van der Waals surface area contributed by atoms with Gasteiger partial charge in [-0.25, -0.2) is 9.78 Å². The van der Waals surface area contributed by atoms with Crippen LogP contribution in [0.2, 0.25) is 0 Å². The molecule has 2 N–H and O–H groups in total. The lowest BCUT2D eigenvalue weighted by Gasteiger charge is -2.05. The van der Waals surface area contributed by atoms with E-state index in [2.05, 4.69) is 10.3 Å². The number of carbonyl (C=O) groups excluding carboxylic acids is 1. The zero-order chi connectivity index (χ0) is 14.6. The highest BCUT2D eigenvalue weighted by atomic mass is 33.1. The molecule has 0 spiro atoms. The molecule has 0 radical (unpaired) electrons. The van der Waals surface area contributed by atoms with Crippen LogP contribution in [-0.4, -0.2) is 47.5 Å². The summed E-state index contributed by atoms with van der Waals surface area (Å²) in [6, 6.07) is 5.69. The van der Waals surface area contributed by atoms with Gasteiger partial charge in [-0.3, -0.25) is 4.79 Å². The molecule has 0 aromatic carbocycles. The fourth-order valence-electron chi connectivity index (χ4n) is 1.14. The summed E-state index contributed by atoms with van der Waals surface area (Å²) in [5.74, 6) is -0.402. The Hall–Kier alpha value is -1.25. The van der Waals surface area contributed by atoms with Crippen molar-refractivity contribution in [3.8, 4) is 0 Å². The van der Waals surface area contributed by atoms with Crippen molar-refractivity contribution in [2.24, 2.45) is 0 Å². The summed E-state index contributed by atoms with van der Waals surface area (Å²) >= 11 is 0. The van der Waals surface area contributed by atoms with Crippen molar-refractivity contribution in [3.63, 3.8) is 0 Å². The molecule has 1 rings (SSSR count). The van der Waals surface area contributed by atoms with E-state index in [0.29, 0.717) is 18.7 Å². The lowest BCUT2D eigenvalue weighted by atomic mass is 10.4. The van der Waals surface area contributed by atoms with E-state index in [1.807, 2.05) is 18.2 Å². The standard InChI is InChI=1S/C12H16N2O4S2/c15-10(13-6-7-18-9-12(16)17)4-8-19-20-11-3-1-2-5-14-11/h1-3,5H,4,6-9H2,(H,13,15)(H,16,17). The molecular formula is C12H16N2O4S2. The van der Waals surface area contributed by atoms with Crippen LogP contribution in [0.25, 0.3) is 0 Å². The summed E-state index contributed by atoms with van der Waals surface area (Å²) in [4.78, 5) is 25.8. The summed E-state index contributed by atoms with van der Waals surface area (Å²) in [6.45, 7) is 0.185. The number of carboxylic acid groups (broad SMARTS) is 1. The Morgan fingerprint density at radius 1 is 1.40 bits per heavy atom. The molecular weight excluding hydrogens is 300 g/mol. The Bertz CT molecular complexity index is 417. The number of carbonyl (C=O) groups is 2. The van der Waals surface area contributed by atoms with Gasteiger partial charge in [-0.1, -0.05) is 16.9 Å². The van der Waals surface area contributed by atoms with Crippen molar-refractivity contribution < 1.29 is 19.4 Å². The fraction of sp³-hybridized carbons (Fsp3) is 0.417. The van der Waals surface area contributed by atoms with Crippen LogP contribution in [0.3, 0.4) is 0 Å². The predicted octanol–water partition coefficient (Wildman–Crippen LogP) is 1.43. The number of rotatable bonds is 10. The van der Waals surface area contributed by atoms with E-state index in [1.165, 1.54) is 10.8 Å². The second-order valence-electron chi connectivity index (χ2n) is 3.62. The van der Waals surface area contributed by atoms with Crippen LogP contribution in [0.5, 0.6) is 0 Å². The van der Waals surface area contributed by atoms with Crippen molar-refractivity contribution in [1.29, 1.82) is 0 Å². The maximum absolute atomic E-state index is 11.4. The van der Waals surface area contributed by atoms with E-state index in [4.69, 9.17) is 9.84 Å². The normalized spacial score (nSPS) is 10.2. The number of pyridine rings is 1. The highest BCUT2D eigenvalue weighted by Gasteiger charge is 2.02. The van der Waals surface area contributed by atoms with Crippen molar-refractivity contribution in [2.45, 2.75) is 11.4 Å².